The molecule has 3 rings (SSSR count). The number of aryl methyl sites for hydroxylation is 3. The topological polar surface area (TPSA) is 67.6 Å². The lowest BCUT2D eigenvalue weighted by Crippen LogP contribution is -1.93. The van der Waals surface area contributed by atoms with Crippen LogP contribution in [-0.2, 0) is 12.8 Å². The van der Waals surface area contributed by atoms with Crippen LogP contribution in [0.1, 0.15) is 17.1 Å². The van der Waals surface area contributed by atoms with Crippen molar-refractivity contribution in [2.75, 3.05) is 0 Å². The second kappa shape index (κ2) is 5.06. The number of nitrogens with zero attached hydrogens (tertiary/aromatic N) is 3. The first-order valence-electron chi connectivity index (χ1n) is 6.20. The van der Waals surface area contributed by atoms with E-state index in [2.05, 4.69) is 32.2 Å². The average molecular weight is 254 g/mol. The summed E-state index contributed by atoms with van der Waals surface area (Å²) in [6, 6.07) is 10.3. The Labute approximate surface area is 110 Å². The van der Waals surface area contributed by atoms with Crippen LogP contribution in [0.5, 0.6) is 0 Å². The van der Waals surface area contributed by atoms with Crippen molar-refractivity contribution in [3.8, 4) is 11.7 Å². The Morgan fingerprint density at radius 1 is 1.16 bits per heavy atom. The first-order valence-corrected chi connectivity index (χ1v) is 6.20. The van der Waals surface area contributed by atoms with E-state index in [0.717, 1.165) is 18.5 Å². The van der Waals surface area contributed by atoms with E-state index < -0.39 is 0 Å². The normalized spacial score (nSPS) is 10.8. The zero-order valence-electron chi connectivity index (χ0n) is 10.6. The smallest absolute Gasteiger partial charge is 0.293 e. The molecule has 0 spiro atoms. The van der Waals surface area contributed by atoms with Gasteiger partial charge < -0.3 is 9.51 Å². The number of aromatic nitrogens is 4. The molecule has 96 valence electrons. The summed E-state index contributed by atoms with van der Waals surface area (Å²) in [4.78, 5) is 11.6. The van der Waals surface area contributed by atoms with Crippen molar-refractivity contribution in [2.45, 2.75) is 19.8 Å². The molecule has 1 N–H and O–H groups in total. The molecule has 0 radical (unpaired) electrons. The van der Waals surface area contributed by atoms with Crippen molar-refractivity contribution in [3.05, 3.63) is 53.6 Å². The number of hydrogen-bond acceptors (Lipinski definition) is 4. The predicted molar refractivity (Wildman–Crippen MR) is 70.5 cm³/mol. The molecular weight excluding hydrogens is 240 g/mol. The van der Waals surface area contributed by atoms with E-state index in [1.54, 1.807) is 6.20 Å². The fourth-order valence-corrected chi connectivity index (χ4v) is 1.87. The molecule has 0 aliphatic heterocycles. The molecule has 2 heterocycles. The van der Waals surface area contributed by atoms with E-state index in [9.17, 15) is 0 Å². The fourth-order valence-electron chi connectivity index (χ4n) is 1.87. The summed E-state index contributed by atoms with van der Waals surface area (Å²) in [6.07, 6.45) is 3.40. The van der Waals surface area contributed by atoms with Crippen LogP contribution in [-0.4, -0.2) is 20.1 Å². The van der Waals surface area contributed by atoms with Crippen LogP contribution in [0.4, 0.5) is 0 Å². The van der Waals surface area contributed by atoms with Gasteiger partial charge in [-0.3, -0.25) is 0 Å². The van der Waals surface area contributed by atoms with E-state index >= 15 is 0 Å². The minimum Gasteiger partial charge on any atom is -0.338 e. The molecule has 0 aliphatic carbocycles. The highest BCUT2D eigenvalue weighted by molar-refractivity contribution is 5.40. The predicted octanol–water partition coefficient (Wildman–Crippen LogP) is 2.55. The van der Waals surface area contributed by atoms with Crippen molar-refractivity contribution < 1.29 is 4.52 Å². The Balaban J connectivity index is 1.68. The van der Waals surface area contributed by atoms with E-state index in [4.69, 9.17) is 4.52 Å². The lowest BCUT2D eigenvalue weighted by atomic mass is 10.1. The highest BCUT2D eigenvalue weighted by Gasteiger charge is 2.11. The second-order valence-corrected chi connectivity index (χ2v) is 4.42. The SMILES string of the molecule is Cc1cnc(-c2nc(CCc3ccccc3)no2)[nH]1. The Bertz CT molecular complexity index is 657. The lowest BCUT2D eigenvalue weighted by molar-refractivity contribution is 0.420. The van der Waals surface area contributed by atoms with Gasteiger partial charge in [0.1, 0.15) is 0 Å². The van der Waals surface area contributed by atoms with Gasteiger partial charge in [-0.15, -0.1) is 0 Å². The molecule has 0 aliphatic rings. The molecule has 3 aromatic rings. The Morgan fingerprint density at radius 2 is 2.00 bits per heavy atom. The second-order valence-electron chi connectivity index (χ2n) is 4.42. The van der Waals surface area contributed by atoms with Crippen LogP contribution in [0.25, 0.3) is 11.7 Å². The summed E-state index contributed by atoms with van der Waals surface area (Å²) >= 11 is 0. The molecular formula is C14H14N4O. The van der Waals surface area contributed by atoms with Crippen LogP contribution in [0, 0.1) is 6.92 Å². The number of aromatic amines is 1. The lowest BCUT2D eigenvalue weighted by Gasteiger charge is -1.96. The number of nitrogens with one attached hydrogen (secondary N) is 1. The average Bonchev–Trinajstić information content (AvgIpc) is 3.06. The van der Waals surface area contributed by atoms with Gasteiger partial charge in [-0.25, -0.2) is 4.98 Å². The molecule has 0 fully saturated rings. The molecule has 0 amide bonds. The Kier molecular flexibility index (Phi) is 3.10. The molecule has 19 heavy (non-hydrogen) atoms. The van der Waals surface area contributed by atoms with Gasteiger partial charge in [0, 0.05) is 18.3 Å². The standard InChI is InChI=1S/C14H14N4O/c1-10-9-15-13(16-10)14-17-12(18-19-14)8-7-11-5-3-2-4-6-11/h2-6,9H,7-8H2,1H3,(H,15,16). The minimum atomic E-state index is 0.441. The van der Waals surface area contributed by atoms with E-state index in [1.807, 2.05) is 25.1 Å². The first-order chi connectivity index (χ1) is 9.31. The highest BCUT2D eigenvalue weighted by Crippen LogP contribution is 2.13. The van der Waals surface area contributed by atoms with Crippen molar-refractivity contribution >= 4 is 0 Å². The maximum absolute atomic E-state index is 5.20. The third-order valence-electron chi connectivity index (χ3n) is 2.85. The van der Waals surface area contributed by atoms with Crippen LogP contribution in [0.2, 0.25) is 0 Å². The van der Waals surface area contributed by atoms with Gasteiger partial charge in [-0.2, -0.15) is 4.98 Å². The summed E-state index contributed by atoms with van der Waals surface area (Å²) in [5.41, 5.74) is 2.24. The number of hydrogen-bond donors (Lipinski definition) is 1. The van der Waals surface area contributed by atoms with Crippen LogP contribution >= 0.6 is 0 Å². The van der Waals surface area contributed by atoms with E-state index in [0.29, 0.717) is 17.5 Å². The fraction of sp³-hybridized carbons (Fsp3) is 0.214. The van der Waals surface area contributed by atoms with Gasteiger partial charge in [-0.1, -0.05) is 35.5 Å². The summed E-state index contributed by atoms with van der Waals surface area (Å²) in [5.74, 6) is 1.76. The Hall–Kier alpha value is -2.43. The molecule has 0 unspecified atom stereocenters. The number of imidazole rings is 1. The van der Waals surface area contributed by atoms with Gasteiger partial charge in [-0.05, 0) is 18.9 Å². The first kappa shape index (κ1) is 11.6. The number of benzene rings is 1. The van der Waals surface area contributed by atoms with E-state index in [-0.39, 0.29) is 0 Å². The summed E-state index contributed by atoms with van der Waals surface area (Å²) in [5, 5.41) is 3.97. The number of H-pyrrole nitrogens is 1. The molecule has 0 saturated carbocycles. The summed E-state index contributed by atoms with van der Waals surface area (Å²) in [6.45, 7) is 1.93. The third kappa shape index (κ3) is 2.70. The minimum absolute atomic E-state index is 0.441. The molecule has 5 nitrogen and oxygen atoms in total. The van der Waals surface area contributed by atoms with Crippen molar-refractivity contribution in [1.82, 2.24) is 20.1 Å². The van der Waals surface area contributed by atoms with Crippen molar-refractivity contribution in [2.24, 2.45) is 0 Å². The van der Waals surface area contributed by atoms with Gasteiger partial charge in [0.2, 0.25) is 0 Å². The molecule has 5 heteroatoms. The molecule has 0 atom stereocenters. The maximum Gasteiger partial charge on any atom is 0.293 e. The molecule has 1 aromatic carbocycles. The van der Waals surface area contributed by atoms with Crippen LogP contribution in [0.15, 0.2) is 41.1 Å². The third-order valence-corrected chi connectivity index (χ3v) is 2.85. The zero-order chi connectivity index (χ0) is 13.1. The quantitative estimate of drug-likeness (QED) is 0.777. The summed E-state index contributed by atoms with van der Waals surface area (Å²) in [7, 11) is 0. The molecule has 0 bridgehead atoms. The molecule has 2 aromatic heterocycles. The zero-order valence-corrected chi connectivity index (χ0v) is 10.6. The van der Waals surface area contributed by atoms with E-state index in [1.165, 1.54) is 5.56 Å². The van der Waals surface area contributed by atoms with Gasteiger partial charge in [0.05, 0.1) is 0 Å². The van der Waals surface area contributed by atoms with Crippen LogP contribution < -0.4 is 0 Å². The number of rotatable bonds is 4. The monoisotopic (exact) mass is 254 g/mol. The van der Waals surface area contributed by atoms with Crippen LogP contribution in [0.3, 0.4) is 0 Å². The van der Waals surface area contributed by atoms with Gasteiger partial charge in [0.25, 0.3) is 5.89 Å². The summed E-state index contributed by atoms with van der Waals surface area (Å²) < 4.78 is 5.20. The molecule has 0 saturated heterocycles. The van der Waals surface area contributed by atoms with Gasteiger partial charge >= 0.3 is 0 Å². The Morgan fingerprint density at radius 3 is 2.74 bits per heavy atom. The van der Waals surface area contributed by atoms with Gasteiger partial charge in [0.15, 0.2) is 11.6 Å². The van der Waals surface area contributed by atoms with Crippen molar-refractivity contribution in [3.63, 3.8) is 0 Å². The van der Waals surface area contributed by atoms with Crippen molar-refractivity contribution in [1.29, 1.82) is 0 Å². The highest BCUT2D eigenvalue weighted by atomic mass is 16.5. The maximum atomic E-state index is 5.20. The largest absolute Gasteiger partial charge is 0.338 e.